The minimum Gasteiger partial charge on any atom is -0.383 e. The highest BCUT2D eigenvalue weighted by molar-refractivity contribution is 9.10. The highest BCUT2D eigenvalue weighted by Crippen LogP contribution is 2.18. The second-order valence-corrected chi connectivity index (χ2v) is 4.62. The van der Waals surface area contributed by atoms with Gasteiger partial charge < -0.3 is 4.74 Å². The average molecular weight is 296 g/mol. The van der Waals surface area contributed by atoms with Crippen LogP contribution in [0.4, 0.5) is 0 Å². The standard InChI is InChI=1S/C12H14BrN3O/c1-9-14-12(15-16(9)7-8-17-2)10-3-5-11(13)6-4-10/h3-6H,7-8H2,1-2H3. The number of benzene rings is 1. The Morgan fingerprint density at radius 2 is 2.00 bits per heavy atom. The van der Waals surface area contributed by atoms with Gasteiger partial charge in [0.25, 0.3) is 0 Å². The lowest BCUT2D eigenvalue weighted by Gasteiger charge is -2.00. The summed E-state index contributed by atoms with van der Waals surface area (Å²) in [5.74, 6) is 1.66. The van der Waals surface area contributed by atoms with Gasteiger partial charge in [0.15, 0.2) is 5.82 Å². The molecule has 0 spiro atoms. The third-order valence-electron chi connectivity index (χ3n) is 2.47. The number of hydrogen-bond acceptors (Lipinski definition) is 3. The van der Waals surface area contributed by atoms with Crippen LogP contribution in [0.3, 0.4) is 0 Å². The molecule has 1 heterocycles. The van der Waals surface area contributed by atoms with Crippen molar-refractivity contribution in [2.75, 3.05) is 13.7 Å². The van der Waals surface area contributed by atoms with Crippen molar-refractivity contribution >= 4 is 15.9 Å². The number of hydrogen-bond donors (Lipinski definition) is 0. The van der Waals surface area contributed by atoms with E-state index in [4.69, 9.17) is 4.74 Å². The van der Waals surface area contributed by atoms with E-state index in [2.05, 4.69) is 26.0 Å². The SMILES string of the molecule is COCCn1nc(-c2ccc(Br)cc2)nc1C. The Kier molecular flexibility index (Phi) is 3.91. The molecule has 1 aromatic heterocycles. The molecule has 0 bridgehead atoms. The number of ether oxygens (including phenoxy) is 1. The summed E-state index contributed by atoms with van der Waals surface area (Å²) in [5.41, 5.74) is 1.02. The maximum Gasteiger partial charge on any atom is 0.181 e. The number of aryl methyl sites for hydroxylation is 1. The number of nitrogens with zero attached hydrogens (tertiary/aromatic N) is 3. The van der Waals surface area contributed by atoms with E-state index in [9.17, 15) is 0 Å². The van der Waals surface area contributed by atoms with Gasteiger partial charge in [0, 0.05) is 17.1 Å². The predicted octanol–water partition coefficient (Wildman–Crippen LogP) is 2.66. The van der Waals surface area contributed by atoms with E-state index in [1.807, 2.05) is 35.9 Å². The van der Waals surface area contributed by atoms with Crippen LogP contribution in [0.2, 0.25) is 0 Å². The molecule has 17 heavy (non-hydrogen) atoms. The Bertz CT molecular complexity index is 493. The van der Waals surface area contributed by atoms with Crippen LogP contribution in [0.15, 0.2) is 28.7 Å². The largest absolute Gasteiger partial charge is 0.383 e. The molecule has 4 nitrogen and oxygen atoms in total. The van der Waals surface area contributed by atoms with Crippen LogP contribution in [0.1, 0.15) is 5.82 Å². The molecule has 0 amide bonds. The Balaban J connectivity index is 2.24. The Morgan fingerprint density at radius 3 is 2.65 bits per heavy atom. The summed E-state index contributed by atoms with van der Waals surface area (Å²) in [4.78, 5) is 4.44. The number of methoxy groups -OCH3 is 1. The highest BCUT2D eigenvalue weighted by Gasteiger charge is 2.07. The van der Waals surface area contributed by atoms with Gasteiger partial charge in [-0.1, -0.05) is 28.1 Å². The molecular weight excluding hydrogens is 282 g/mol. The fraction of sp³-hybridized carbons (Fsp3) is 0.333. The topological polar surface area (TPSA) is 39.9 Å². The van der Waals surface area contributed by atoms with Crippen molar-refractivity contribution < 1.29 is 4.74 Å². The maximum atomic E-state index is 5.04. The normalized spacial score (nSPS) is 10.8. The summed E-state index contributed by atoms with van der Waals surface area (Å²) in [6, 6.07) is 7.97. The summed E-state index contributed by atoms with van der Waals surface area (Å²) in [6.07, 6.45) is 0. The van der Waals surface area contributed by atoms with Crippen LogP contribution in [-0.4, -0.2) is 28.5 Å². The lowest BCUT2D eigenvalue weighted by molar-refractivity contribution is 0.182. The first-order valence-corrected chi connectivity index (χ1v) is 6.16. The van der Waals surface area contributed by atoms with E-state index < -0.39 is 0 Å². The number of rotatable bonds is 4. The molecule has 0 radical (unpaired) electrons. The molecular formula is C12H14BrN3O. The van der Waals surface area contributed by atoms with E-state index in [1.165, 1.54) is 0 Å². The van der Waals surface area contributed by atoms with Crippen molar-refractivity contribution in [1.29, 1.82) is 0 Å². The summed E-state index contributed by atoms with van der Waals surface area (Å²) >= 11 is 3.41. The zero-order chi connectivity index (χ0) is 12.3. The van der Waals surface area contributed by atoms with Crippen molar-refractivity contribution in [3.05, 3.63) is 34.6 Å². The number of aromatic nitrogens is 3. The zero-order valence-corrected chi connectivity index (χ0v) is 11.4. The Hall–Kier alpha value is -1.20. The van der Waals surface area contributed by atoms with Crippen molar-refractivity contribution in [2.45, 2.75) is 13.5 Å². The first kappa shape index (κ1) is 12.3. The third kappa shape index (κ3) is 2.92. The van der Waals surface area contributed by atoms with Crippen molar-refractivity contribution in [1.82, 2.24) is 14.8 Å². The van der Waals surface area contributed by atoms with Crippen LogP contribution < -0.4 is 0 Å². The second kappa shape index (κ2) is 5.42. The molecule has 0 aliphatic rings. The van der Waals surface area contributed by atoms with Gasteiger partial charge in [-0.15, -0.1) is 0 Å². The molecule has 0 fully saturated rings. The molecule has 5 heteroatoms. The monoisotopic (exact) mass is 295 g/mol. The van der Waals surface area contributed by atoms with Crippen LogP contribution in [0.25, 0.3) is 11.4 Å². The Morgan fingerprint density at radius 1 is 1.29 bits per heavy atom. The molecule has 2 rings (SSSR count). The van der Waals surface area contributed by atoms with Gasteiger partial charge in [-0.3, -0.25) is 0 Å². The summed E-state index contributed by atoms with van der Waals surface area (Å²) < 4.78 is 7.95. The molecule has 0 aliphatic heterocycles. The minimum atomic E-state index is 0.643. The van der Waals surface area contributed by atoms with Crippen molar-refractivity contribution in [3.8, 4) is 11.4 Å². The van der Waals surface area contributed by atoms with E-state index >= 15 is 0 Å². The Labute approximate surface area is 109 Å². The van der Waals surface area contributed by atoms with E-state index in [0.717, 1.165) is 28.2 Å². The van der Waals surface area contributed by atoms with E-state index in [1.54, 1.807) is 7.11 Å². The van der Waals surface area contributed by atoms with Gasteiger partial charge in [-0.2, -0.15) is 5.10 Å². The quantitative estimate of drug-likeness (QED) is 0.871. The highest BCUT2D eigenvalue weighted by atomic mass is 79.9. The van der Waals surface area contributed by atoms with Crippen LogP contribution in [0, 0.1) is 6.92 Å². The third-order valence-corrected chi connectivity index (χ3v) is 2.99. The van der Waals surface area contributed by atoms with Crippen molar-refractivity contribution in [3.63, 3.8) is 0 Å². The van der Waals surface area contributed by atoms with E-state index in [0.29, 0.717) is 6.61 Å². The van der Waals surface area contributed by atoms with Crippen molar-refractivity contribution in [2.24, 2.45) is 0 Å². The molecule has 0 saturated carbocycles. The first-order chi connectivity index (χ1) is 8.20. The molecule has 0 unspecified atom stereocenters. The van der Waals surface area contributed by atoms with E-state index in [-0.39, 0.29) is 0 Å². The van der Waals surface area contributed by atoms with Crippen LogP contribution >= 0.6 is 15.9 Å². The molecule has 0 saturated heterocycles. The minimum absolute atomic E-state index is 0.643. The van der Waals surface area contributed by atoms with Gasteiger partial charge in [0.2, 0.25) is 0 Å². The predicted molar refractivity (Wildman–Crippen MR) is 69.8 cm³/mol. The first-order valence-electron chi connectivity index (χ1n) is 5.37. The van der Waals surface area contributed by atoms with Gasteiger partial charge in [0.1, 0.15) is 5.82 Å². The van der Waals surface area contributed by atoms with Gasteiger partial charge in [0.05, 0.1) is 13.2 Å². The summed E-state index contributed by atoms with van der Waals surface area (Å²) in [5, 5.41) is 4.46. The summed E-state index contributed by atoms with van der Waals surface area (Å²) in [7, 11) is 1.68. The fourth-order valence-corrected chi connectivity index (χ4v) is 1.80. The van der Waals surface area contributed by atoms with Gasteiger partial charge in [-0.25, -0.2) is 9.67 Å². The van der Waals surface area contributed by atoms with Gasteiger partial charge in [-0.05, 0) is 19.1 Å². The van der Waals surface area contributed by atoms with Gasteiger partial charge >= 0.3 is 0 Å². The smallest absolute Gasteiger partial charge is 0.181 e. The molecule has 0 N–H and O–H groups in total. The summed E-state index contributed by atoms with van der Waals surface area (Å²) in [6.45, 7) is 3.32. The molecule has 2 aromatic rings. The zero-order valence-electron chi connectivity index (χ0n) is 9.85. The molecule has 0 atom stereocenters. The van der Waals surface area contributed by atoms with Crippen LogP contribution in [0.5, 0.6) is 0 Å². The average Bonchev–Trinajstić information content (AvgIpc) is 2.69. The molecule has 0 aliphatic carbocycles. The fourth-order valence-electron chi connectivity index (χ4n) is 1.53. The lowest BCUT2D eigenvalue weighted by atomic mass is 10.2. The second-order valence-electron chi connectivity index (χ2n) is 3.71. The molecule has 1 aromatic carbocycles. The molecule has 90 valence electrons. The van der Waals surface area contributed by atoms with Crippen LogP contribution in [-0.2, 0) is 11.3 Å². The lowest BCUT2D eigenvalue weighted by Crippen LogP contribution is -2.07. The maximum absolute atomic E-state index is 5.04. The number of halogens is 1.